The van der Waals surface area contributed by atoms with Crippen molar-refractivity contribution in [2.75, 3.05) is 19.0 Å². The summed E-state index contributed by atoms with van der Waals surface area (Å²) in [5.74, 6) is 0. The molecule has 0 heterocycles. The van der Waals surface area contributed by atoms with Crippen molar-refractivity contribution in [2.24, 2.45) is 0 Å². The number of benzene rings is 1. The van der Waals surface area contributed by atoms with Crippen LogP contribution in [0.4, 0.5) is 5.69 Å². The van der Waals surface area contributed by atoms with Gasteiger partial charge in [0.2, 0.25) is 0 Å². The Morgan fingerprint density at radius 2 is 1.50 bits per heavy atom. The third-order valence-corrected chi connectivity index (χ3v) is 1.27. The number of carbonyl (C=O) groups excluding carboxylic acids is 1. The molecule has 0 aliphatic rings. The number of anilines is 1. The van der Waals surface area contributed by atoms with Crippen LogP contribution in [0.3, 0.4) is 0 Å². The number of nitrogens with zero attached hydrogens (tertiary/aromatic N) is 1. The van der Waals surface area contributed by atoms with Crippen molar-refractivity contribution >= 4 is 24.9 Å². The van der Waals surface area contributed by atoms with Crippen LogP contribution in [0.15, 0.2) is 30.3 Å². The Kier molecular flexibility index (Phi) is 9.13. The van der Waals surface area contributed by atoms with Crippen molar-refractivity contribution in [3.05, 3.63) is 30.3 Å². The SMILES string of the molecule is C=O.CN(C)c1ccccc1.Cl. The second kappa shape index (κ2) is 8.08. The first-order valence-corrected chi connectivity index (χ1v) is 3.32. The Hall–Kier alpha value is -1.02. The lowest BCUT2D eigenvalue weighted by molar-refractivity contribution is -0.0979. The second-order valence-corrected chi connectivity index (χ2v) is 2.23. The van der Waals surface area contributed by atoms with E-state index in [1.807, 2.05) is 39.1 Å². The van der Waals surface area contributed by atoms with E-state index in [1.165, 1.54) is 5.69 Å². The Morgan fingerprint density at radius 1 is 1.08 bits per heavy atom. The predicted octanol–water partition coefficient (Wildman–Crippen LogP) is 1.99. The zero-order valence-corrected chi connectivity index (χ0v) is 8.17. The summed E-state index contributed by atoms with van der Waals surface area (Å²) in [4.78, 5) is 10.1. The summed E-state index contributed by atoms with van der Waals surface area (Å²) >= 11 is 0. The normalized spacial score (nSPS) is 7.17. The Balaban J connectivity index is 0. The van der Waals surface area contributed by atoms with Crippen LogP contribution in [0.1, 0.15) is 0 Å². The van der Waals surface area contributed by atoms with Gasteiger partial charge in [-0.25, -0.2) is 0 Å². The zero-order chi connectivity index (χ0) is 8.69. The van der Waals surface area contributed by atoms with Gasteiger partial charge in [-0.3, -0.25) is 0 Å². The molecule has 1 aromatic carbocycles. The smallest absolute Gasteiger partial charge is 0.106 e. The highest BCUT2D eigenvalue weighted by Crippen LogP contribution is 2.07. The lowest BCUT2D eigenvalue weighted by Gasteiger charge is -2.10. The highest BCUT2D eigenvalue weighted by molar-refractivity contribution is 5.85. The second-order valence-electron chi connectivity index (χ2n) is 2.23. The summed E-state index contributed by atoms with van der Waals surface area (Å²) in [5.41, 5.74) is 1.25. The molecule has 0 saturated carbocycles. The molecule has 1 rings (SSSR count). The minimum Gasteiger partial charge on any atom is -0.378 e. The quantitative estimate of drug-likeness (QED) is 0.670. The largest absolute Gasteiger partial charge is 0.378 e. The lowest BCUT2D eigenvalue weighted by atomic mass is 10.3. The molecule has 12 heavy (non-hydrogen) atoms. The van der Waals surface area contributed by atoms with Crippen molar-refractivity contribution in [1.29, 1.82) is 0 Å². The first-order valence-electron chi connectivity index (χ1n) is 3.32. The maximum Gasteiger partial charge on any atom is 0.106 e. The molecular formula is C9H14ClNO. The van der Waals surface area contributed by atoms with Crippen LogP contribution in [-0.4, -0.2) is 20.9 Å². The third-order valence-electron chi connectivity index (χ3n) is 1.27. The highest BCUT2D eigenvalue weighted by Gasteiger charge is 1.87. The molecule has 0 saturated heterocycles. The minimum atomic E-state index is 0. The van der Waals surface area contributed by atoms with E-state index < -0.39 is 0 Å². The molecule has 2 nitrogen and oxygen atoms in total. The molecule has 0 aromatic heterocycles. The number of hydrogen-bond acceptors (Lipinski definition) is 2. The van der Waals surface area contributed by atoms with Crippen molar-refractivity contribution in [3.8, 4) is 0 Å². The van der Waals surface area contributed by atoms with Gasteiger partial charge in [-0.15, -0.1) is 12.4 Å². The topological polar surface area (TPSA) is 20.3 Å². The average molecular weight is 188 g/mol. The van der Waals surface area contributed by atoms with Gasteiger partial charge in [0.15, 0.2) is 0 Å². The summed E-state index contributed by atoms with van der Waals surface area (Å²) in [5, 5.41) is 0. The van der Waals surface area contributed by atoms with Gasteiger partial charge in [-0.05, 0) is 12.1 Å². The molecule has 0 spiro atoms. The number of hydrogen-bond donors (Lipinski definition) is 0. The molecule has 0 bridgehead atoms. The van der Waals surface area contributed by atoms with Crippen LogP contribution in [0.2, 0.25) is 0 Å². The molecule has 0 atom stereocenters. The number of halogens is 1. The van der Waals surface area contributed by atoms with E-state index in [1.54, 1.807) is 0 Å². The van der Waals surface area contributed by atoms with Gasteiger partial charge < -0.3 is 9.69 Å². The monoisotopic (exact) mass is 187 g/mol. The minimum absolute atomic E-state index is 0. The van der Waals surface area contributed by atoms with E-state index in [9.17, 15) is 0 Å². The molecule has 0 radical (unpaired) electrons. The molecule has 0 fully saturated rings. The fraction of sp³-hybridized carbons (Fsp3) is 0.222. The summed E-state index contributed by atoms with van der Waals surface area (Å²) in [6, 6.07) is 10.3. The third kappa shape index (κ3) is 4.74. The van der Waals surface area contributed by atoms with Gasteiger partial charge in [-0.1, -0.05) is 18.2 Å². The molecule has 0 unspecified atom stereocenters. The average Bonchev–Trinajstić information content (AvgIpc) is 2.10. The van der Waals surface area contributed by atoms with E-state index in [2.05, 4.69) is 17.0 Å². The van der Waals surface area contributed by atoms with Crippen LogP contribution in [0.5, 0.6) is 0 Å². The Labute approximate surface area is 79.6 Å². The standard InChI is InChI=1S/C8H11N.CH2O.ClH/c1-9(2)8-6-4-3-5-7-8;1-2;/h3-7H,1-2H3;1H2;1H. The van der Waals surface area contributed by atoms with Gasteiger partial charge in [0.1, 0.15) is 6.79 Å². The van der Waals surface area contributed by atoms with Gasteiger partial charge in [0.05, 0.1) is 0 Å². The lowest BCUT2D eigenvalue weighted by Crippen LogP contribution is -2.07. The molecule has 0 N–H and O–H groups in total. The predicted molar refractivity (Wildman–Crippen MR) is 55.1 cm³/mol. The van der Waals surface area contributed by atoms with Gasteiger partial charge in [-0.2, -0.15) is 0 Å². The van der Waals surface area contributed by atoms with Crippen LogP contribution in [0.25, 0.3) is 0 Å². The zero-order valence-electron chi connectivity index (χ0n) is 7.36. The van der Waals surface area contributed by atoms with Crippen molar-refractivity contribution in [3.63, 3.8) is 0 Å². The summed E-state index contributed by atoms with van der Waals surface area (Å²) < 4.78 is 0. The molecule has 0 aliphatic carbocycles. The van der Waals surface area contributed by atoms with Gasteiger partial charge in [0, 0.05) is 19.8 Å². The first-order chi connectivity index (χ1) is 5.30. The fourth-order valence-electron chi connectivity index (χ4n) is 0.726. The van der Waals surface area contributed by atoms with Crippen LogP contribution in [0, 0.1) is 0 Å². The van der Waals surface area contributed by atoms with Crippen molar-refractivity contribution in [2.45, 2.75) is 0 Å². The first kappa shape index (κ1) is 13.6. The van der Waals surface area contributed by atoms with Crippen LogP contribution in [-0.2, 0) is 4.79 Å². The molecule has 0 amide bonds. The molecule has 0 aliphatic heterocycles. The Morgan fingerprint density at radius 3 is 1.75 bits per heavy atom. The summed E-state index contributed by atoms with van der Waals surface area (Å²) in [6.45, 7) is 2.00. The van der Waals surface area contributed by atoms with E-state index in [0.29, 0.717) is 0 Å². The van der Waals surface area contributed by atoms with E-state index in [0.717, 1.165) is 0 Å². The highest BCUT2D eigenvalue weighted by atomic mass is 35.5. The molecule has 1 aromatic rings. The van der Waals surface area contributed by atoms with Crippen LogP contribution < -0.4 is 4.90 Å². The van der Waals surface area contributed by atoms with Crippen molar-refractivity contribution < 1.29 is 4.79 Å². The maximum absolute atomic E-state index is 8.00. The number of carbonyl (C=O) groups is 1. The van der Waals surface area contributed by atoms with Crippen LogP contribution >= 0.6 is 12.4 Å². The van der Waals surface area contributed by atoms with Crippen molar-refractivity contribution in [1.82, 2.24) is 0 Å². The molecular weight excluding hydrogens is 174 g/mol. The van der Waals surface area contributed by atoms with E-state index >= 15 is 0 Å². The molecule has 3 heteroatoms. The summed E-state index contributed by atoms with van der Waals surface area (Å²) in [7, 11) is 4.07. The Bertz CT molecular complexity index is 189. The van der Waals surface area contributed by atoms with Gasteiger partial charge >= 0.3 is 0 Å². The summed E-state index contributed by atoms with van der Waals surface area (Å²) in [6.07, 6.45) is 0. The maximum atomic E-state index is 8.00. The fourth-order valence-corrected chi connectivity index (χ4v) is 0.726. The van der Waals surface area contributed by atoms with E-state index in [-0.39, 0.29) is 12.4 Å². The number of para-hydroxylation sites is 1. The van der Waals surface area contributed by atoms with Gasteiger partial charge in [0.25, 0.3) is 0 Å². The van der Waals surface area contributed by atoms with E-state index in [4.69, 9.17) is 4.79 Å². The number of rotatable bonds is 1. The molecule has 68 valence electrons.